The quantitative estimate of drug-likeness (QED) is 0.755. The van der Waals surface area contributed by atoms with E-state index in [9.17, 15) is 4.79 Å². The molecule has 1 aliphatic rings. The average Bonchev–Trinajstić information content (AvgIpc) is 2.47. The van der Waals surface area contributed by atoms with Gasteiger partial charge in [-0.05, 0) is 51.3 Å². The minimum absolute atomic E-state index is 0.141. The molecule has 23 heavy (non-hydrogen) atoms. The fourth-order valence-electron chi connectivity index (χ4n) is 2.94. The predicted octanol–water partition coefficient (Wildman–Crippen LogP) is 4.31. The van der Waals surface area contributed by atoms with E-state index < -0.39 is 5.60 Å². The highest BCUT2D eigenvalue weighted by molar-refractivity contribution is 6.30. The number of hydrogen-bond acceptors (Lipinski definition) is 3. The molecule has 1 saturated heterocycles. The molecule has 1 fully saturated rings. The maximum Gasteiger partial charge on any atom is 0.410 e. The molecular weight excluding hydrogens is 312 g/mol. The van der Waals surface area contributed by atoms with Gasteiger partial charge >= 0.3 is 6.09 Å². The molecule has 0 spiro atoms. The zero-order valence-corrected chi connectivity index (χ0v) is 15.1. The van der Waals surface area contributed by atoms with E-state index >= 15 is 0 Å². The number of benzene rings is 1. The topological polar surface area (TPSA) is 41.9 Å². The van der Waals surface area contributed by atoms with Crippen molar-refractivity contribution in [1.29, 1.82) is 0 Å². The van der Waals surface area contributed by atoms with Crippen LogP contribution in [0.25, 0.3) is 0 Å². The summed E-state index contributed by atoms with van der Waals surface area (Å²) in [6.07, 6.45) is 3.41. The second kappa shape index (κ2) is 6.91. The number of piperidine rings is 1. The number of ether oxygens (including phenoxy) is 1. The molecular formula is C18H25ClN2O2. The molecule has 4 nitrogen and oxygen atoms in total. The molecule has 1 aromatic carbocycles. The Hall–Kier alpha value is -1.55. The second-order valence-electron chi connectivity index (χ2n) is 7.02. The number of aliphatic imine (C=N–C) groups is 1. The Balaban J connectivity index is 2.12. The number of likely N-dealkylation sites (tertiary alicyclic amines) is 1. The van der Waals surface area contributed by atoms with Gasteiger partial charge in [-0.1, -0.05) is 23.7 Å². The first-order valence-electron chi connectivity index (χ1n) is 7.93. The maximum absolute atomic E-state index is 12.2. The standard InChI is InChI=1S/C18H25ClN2O2/c1-17(2,3)23-16(22)21-11-9-18(10-12-21,13-20-4)14-5-7-15(19)8-6-14/h5-8,13H,9-12H2,1-4H3. The van der Waals surface area contributed by atoms with Crippen LogP contribution in [0.5, 0.6) is 0 Å². The zero-order chi connectivity index (χ0) is 17.1. The summed E-state index contributed by atoms with van der Waals surface area (Å²) in [5.74, 6) is 0. The average molecular weight is 337 g/mol. The van der Waals surface area contributed by atoms with E-state index in [1.807, 2.05) is 51.3 Å². The fourth-order valence-corrected chi connectivity index (χ4v) is 3.06. The summed E-state index contributed by atoms with van der Waals surface area (Å²) in [4.78, 5) is 18.3. The van der Waals surface area contributed by atoms with Gasteiger partial charge in [0.05, 0.1) is 0 Å². The van der Waals surface area contributed by atoms with Gasteiger partial charge in [0.25, 0.3) is 0 Å². The van der Waals surface area contributed by atoms with E-state index in [1.165, 1.54) is 5.56 Å². The number of halogens is 1. The van der Waals surface area contributed by atoms with Gasteiger partial charge in [-0.25, -0.2) is 4.79 Å². The molecule has 126 valence electrons. The molecule has 1 heterocycles. The molecule has 0 N–H and O–H groups in total. The molecule has 0 aromatic heterocycles. The Bertz CT molecular complexity index is 568. The van der Waals surface area contributed by atoms with Gasteiger partial charge in [0.2, 0.25) is 0 Å². The largest absolute Gasteiger partial charge is 0.444 e. The highest BCUT2D eigenvalue weighted by Crippen LogP contribution is 2.35. The van der Waals surface area contributed by atoms with E-state index in [2.05, 4.69) is 4.99 Å². The third-order valence-corrected chi connectivity index (χ3v) is 4.35. The van der Waals surface area contributed by atoms with Gasteiger partial charge in [0.15, 0.2) is 0 Å². The van der Waals surface area contributed by atoms with Crippen molar-refractivity contribution in [3.8, 4) is 0 Å². The highest BCUT2D eigenvalue weighted by Gasteiger charge is 2.37. The second-order valence-corrected chi connectivity index (χ2v) is 7.45. The maximum atomic E-state index is 12.2. The van der Waals surface area contributed by atoms with Crippen LogP contribution in [0.3, 0.4) is 0 Å². The van der Waals surface area contributed by atoms with Crippen LogP contribution in [0, 0.1) is 0 Å². The molecule has 0 atom stereocenters. The summed E-state index contributed by atoms with van der Waals surface area (Å²) in [7, 11) is 1.79. The molecule has 1 amide bonds. The summed E-state index contributed by atoms with van der Waals surface area (Å²) < 4.78 is 5.46. The van der Waals surface area contributed by atoms with Gasteiger partial charge in [-0.3, -0.25) is 4.99 Å². The van der Waals surface area contributed by atoms with Crippen LogP contribution >= 0.6 is 11.6 Å². The van der Waals surface area contributed by atoms with Crippen LogP contribution < -0.4 is 0 Å². The van der Waals surface area contributed by atoms with Gasteiger partial charge in [-0.15, -0.1) is 0 Å². The van der Waals surface area contributed by atoms with Crippen LogP contribution in [-0.4, -0.2) is 42.9 Å². The monoisotopic (exact) mass is 336 g/mol. The van der Waals surface area contributed by atoms with Crippen molar-refractivity contribution >= 4 is 23.9 Å². The number of nitrogens with zero attached hydrogens (tertiary/aromatic N) is 2. The van der Waals surface area contributed by atoms with Gasteiger partial charge in [0, 0.05) is 36.8 Å². The SMILES string of the molecule is CN=CC1(c2ccc(Cl)cc2)CCN(C(=O)OC(C)(C)C)CC1. The molecule has 0 bridgehead atoms. The predicted molar refractivity (Wildman–Crippen MR) is 94.6 cm³/mol. The Morgan fingerprint density at radius 3 is 2.30 bits per heavy atom. The minimum atomic E-state index is -0.466. The number of carbonyl (C=O) groups excluding carboxylic acids is 1. The molecule has 1 aliphatic heterocycles. The zero-order valence-electron chi connectivity index (χ0n) is 14.3. The third kappa shape index (κ3) is 4.47. The van der Waals surface area contributed by atoms with Crippen molar-refractivity contribution in [2.24, 2.45) is 4.99 Å². The smallest absolute Gasteiger partial charge is 0.410 e. The van der Waals surface area contributed by atoms with Crippen LogP contribution in [0.4, 0.5) is 4.79 Å². The number of carbonyl (C=O) groups is 1. The van der Waals surface area contributed by atoms with Crippen molar-refractivity contribution < 1.29 is 9.53 Å². The third-order valence-electron chi connectivity index (χ3n) is 4.10. The molecule has 0 aliphatic carbocycles. The molecule has 5 heteroatoms. The molecule has 1 aromatic rings. The van der Waals surface area contributed by atoms with Crippen LogP contribution in [-0.2, 0) is 10.2 Å². The normalized spacial score (nSPS) is 18.2. The first-order valence-corrected chi connectivity index (χ1v) is 8.31. The van der Waals surface area contributed by atoms with Crippen molar-refractivity contribution in [2.45, 2.75) is 44.6 Å². The highest BCUT2D eigenvalue weighted by atomic mass is 35.5. The van der Waals surface area contributed by atoms with Crippen LogP contribution in [0.15, 0.2) is 29.3 Å². The molecule has 0 unspecified atom stereocenters. The van der Waals surface area contributed by atoms with E-state index in [0.717, 1.165) is 17.9 Å². The number of hydrogen-bond donors (Lipinski definition) is 0. The van der Waals surface area contributed by atoms with Crippen LogP contribution in [0.2, 0.25) is 5.02 Å². The van der Waals surface area contributed by atoms with Gasteiger partial charge in [-0.2, -0.15) is 0 Å². The van der Waals surface area contributed by atoms with Crippen LogP contribution in [0.1, 0.15) is 39.2 Å². The summed E-state index contributed by atoms with van der Waals surface area (Å²) in [5.41, 5.74) is 0.584. The van der Waals surface area contributed by atoms with Gasteiger partial charge in [0.1, 0.15) is 5.60 Å². The number of rotatable bonds is 2. The van der Waals surface area contributed by atoms with Crippen molar-refractivity contribution in [1.82, 2.24) is 4.90 Å². The first kappa shape index (κ1) is 17.8. The lowest BCUT2D eigenvalue weighted by Gasteiger charge is -2.40. The van der Waals surface area contributed by atoms with Crippen molar-refractivity contribution in [2.75, 3.05) is 20.1 Å². The number of amides is 1. The molecule has 2 rings (SSSR count). The Morgan fingerprint density at radius 2 is 1.83 bits per heavy atom. The lowest BCUT2D eigenvalue weighted by atomic mass is 9.74. The summed E-state index contributed by atoms with van der Waals surface area (Å²) >= 11 is 6.00. The molecule has 0 radical (unpaired) electrons. The van der Waals surface area contributed by atoms with Crippen molar-refractivity contribution in [3.05, 3.63) is 34.9 Å². The lowest BCUT2D eigenvalue weighted by molar-refractivity contribution is 0.0190. The van der Waals surface area contributed by atoms with E-state index in [1.54, 1.807) is 11.9 Å². The Labute approximate surface area is 143 Å². The van der Waals surface area contributed by atoms with E-state index in [-0.39, 0.29) is 11.5 Å². The molecule has 0 saturated carbocycles. The van der Waals surface area contributed by atoms with E-state index in [4.69, 9.17) is 16.3 Å². The summed E-state index contributed by atoms with van der Waals surface area (Å²) in [5, 5.41) is 0.725. The fraction of sp³-hybridized carbons (Fsp3) is 0.556. The summed E-state index contributed by atoms with van der Waals surface area (Å²) in [6.45, 7) is 6.97. The van der Waals surface area contributed by atoms with Crippen molar-refractivity contribution in [3.63, 3.8) is 0 Å². The Kier molecular flexibility index (Phi) is 5.35. The lowest BCUT2D eigenvalue weighted by Crippen LogP contribution is -2.47. The summed E-state index contributed by atoms with van der Waals surface area (Å²) in [6, 6.07) is 7.91. The van der Waals surface area contributed by atoms with Gasteiger partial charge < -0.3 is 9.64 Å². The minimum Gasteiger partial charge on any atom is -0.444 e. The Morgan fingerprint density at radius 1 is 1.26 bits per heavy atom. The van der Waals surface area contributed by atoms with E-state index in [0.29, 0.717) is 13.1 Å². The first-order chi connectivity index (χ1) is 10.8.